The smallest absolute Gasteiger partial charge is 0.241 e. The minimum atomic E-state index is -3.44. The predicted octanol–water partition coefficient (Wildman–Crippen LogP) is 2.97. The lowest BCUT2D eigenvalue weighted by atomic mass is 9.80. The molecule has 1 fully saturated rings. The molecule has 4 nitrogen and oxygen atoms in total. The van der Waals surface area contributed by atoms with Crippen LogP contribution in [-0.2, 0) is 10.0 Å². The van der Waals surface area contributed by atoms with E-state index < -0.39 is 10.0 Å². The number of rotatable bonds is 7. The van der Waals surface area contributed by atoms with E-state index in [9.17, 15) is 8.42 Å². The van der Waals surface area contributed by atoms with Crippen molar-refractivity contribution in [2.75, 3.05) is 6.54 Å². The van der Waals surface area contributed by atoms with Gasteiger partial charge in [-0.2, -0.15) is 0 Å². The molecule has 0 amide bonds. The Morgan fingerprint density at radius 1 is 1.29 bits per heavy atom. The Balaban J connectivity index is 2.23. The van der Waals surface area contributed by atoms with E-state index in [0.29, 0.717) is 4.90 Å². The monoisotopic (exact) mass is 310 g/mol. The van der Waals surface area contributed by atoms with Crippen molar-refractivity contribution >= 4 is 10.0 Å². The van der Waals surface area contributed by atoms with Crippen LogP contribution in [-0.4, -0.2) is 20.5 Å². The normalized spacial score (nSPS) is 19.0. The second-order valence-corrected chi connectivity index (χ2v) is 7.79. The van der Waals surface area contributed by atoms with Crippen LogP contribution in [0.1, 0.15) is 58.1 Å². The fourth-order valence-electron chi connectivity index (χ4n) is 2.84. The maximum absolute atomic E-state index is 12.5. The lowest BCUT2D eigenvalue weighted by molar-refractivity contribution is 0.248. The predicted molar refractivity (Wildman–Crippen MR) is 85.7 cm³/mol. The Morgan fingerprint density at radius 3 is 2.52 bits per heavy atom. The van der Waals surface area contributed by atoms with Crippen LogP contribution >= 0.6 is 0 Å². The van der Waals surface area contributed by atoms with Crippen LogP contribution in [0.15, 0.2) is 29.2 Å². The van der Waals surface area contributed by atoms with Gasteiger partial charge < -0.3 is 5.32 Å². The van der Waals surface area contributed by atoms with Crippen LogP contribution in [0.3, 0.4) is 0 Å². The minimum Gasteiger partial charge on any atom is -0.310 e. The highest BCUT2D eigenvalue weighted by Crippen LogP contribution is 2.32. The van der Waals surface area contributed by atoms with Crippen molar-refractivity contribution in [1.29, 1.82) is 0 Å². The van der Waals surface area contributed by atoms with Gasteiger partial charge in [-0.3, -0.25) is 0 Å². The maximum atomic E-state index is 12.5. The molecule has 21 heavy (non-hydrogen) atoms. The highest BCUT2D eigenvalue weighted by molar-refractivity contribution is 7.89. The van der Waals surface area contributed by atoms with Crippen molar-refractivity contribution in [3.05, 3.63) is 29.8 Å². The molecule has 2 rings (SSSR count). The Labute approximate surface area is 128 Å². The van der Waals surface area contributed by atoms with Gasteiger partial charge in [-0.25, -0.2) is 13.1 Å². The van der Waals surface area contributed by atoms with E-state index in [-0.39, 0.29) is 11.6 Å². The van der Waals surface area contributed by atoms with Gasteiger partial charge in [0.25, 0.3) is 0 Å². The molecule has 0 radical (unpaired) electrons. The van der Waals surface area contributed by atoms with Gasteiger partial charge in [0.1, 0.15) is 0 Å². The van der Waals surface area contributed by atoms with Gasteiger partial charge in [-0.1, -0.05) is 26.0 Å². The summed E-state index contributed by atoms with van der Waals surface area (Å²) in [5.41, 5.74) is 0.765. The van der Waals surface area contributed by atoms with Crippen LogP contribution in [0.2, 0.25) is 0 Å². The van der Waals surface area contributed by atoms with E-state index in [0.717, 1.165) is 37.8 Å². The molecule has 0 aliphatic heterocycles. The average Bonchev–Trinajstić information content (AvgIpc) is 2.43. The van der Waals surface area contributed by atoms with Crippen molar-refractivity contribution in [3.63, 3.8) is 0 Å². The number of nitrogens with one attached hydrogen (secondary N) is 2. The van der Waals surface area contributed by atoms with Crippen LogP contribution in [0.4, 0.5) is 0 Å². The van der Waals surface area contributed by atoms with Crippen LogP contribution in [0, 0.1) is 0 Å². The summed E-state index contributed by atoms with van der Waals surface area (Å²) in [6.45, 7) is 7.00. The first-order valence-electron chi connectivity index (χ1n) is 7.77. The van der Waals surface area contributed by atoms with Gasteiger partial charge in [-0.15, -0.1) is 0 Å². The highest BCUT2D eigenvalue weighted by Gasteiger charge is 2.36. The third kappa shape index (κ3) is 3.84. The van der Waals surface area contributed by atoms with Crippen molar-refractivity contribution in [1.82, 2.24) is 10.0 Å². The van der Waals surface area contributed by atoms with Crippen molar-refractivity contribution < 1.29 is 8.42 Å². The van der Waals surface area contributed by atoms with Crippen LogP contribution in [0.25, 0.3) is 0 Å². The number of sulfonamides is 1. The van der Waals surface area contributed by atoms with Gasteiger partial charge in [0, 0.05) is 11.6 Å². The summed E-state index contributed by atoms with van der Waals surface area (Å²) in [6, 6.07) is 7.48. The standard InChI is InChI=1S/C16H26N2O2S/c1-4-15(17-5-2)13-8-6-9-14(12-13)21(19,20)18-16(3)10-7-11-16/h6,8-9,12,15,17-18H,4-5,7,10-11H2,1-3H3. The van der Waals surface area contributed by atoms with Crippen molar-refractivity contribution in [2.24, 2.45) is 0 Å². The molecule has 118 valence electrons. The molecule has 1 aromatic carbocycles. The first-order valence-corrected chi connectivity index (χ1v) is 9.26. The van der Waals surface area contributed by atoms with E-state index in [1.807, 2.05) is 19.1 Å². The molecule has 1 aromatic rings. The fraction of sp³-hybridized carbons (Fsp3) is 0.625. The molecular formula is C16H26N2O2S. The zero-order valence-electron chi connectivity index (χ0n) is 13.1. The Kier molecular flexibility index (Phi) is 5.07. The topological polar surface area (TPSA) is 58.2 Å². The first-order chi connectivity index (χ1) is 9.90. The lowest BCUT2D eigenvalue weighted by Gasteiger charge is -2.38. The van der Waals surface area contributed by atoms with Gasteiger partial charge in [0.05, 0.1) is 4.90 Å². The minimum absolute atomic E-state index is 0.199. The fourth-order valence-corrected chi connectivity index (χ4v) is 4.35. The molecule has 1 aliphatic rings. The van der Waals surface area contributed by atoms with E-state index >= 15 is 0 Å². The SMILES string of the molecule is CCNC(CC)c1cccc(S(=O)(=O)NC2(C)CCC2)c1. The number of hydrogen-bond acceptors (Lipinski definition) is 3. The Morgan fingerprint density at radius 2 is 2.00 bits per heavy atom. The molecule has 0 bridgehead atoms. The van der Waals surface area contributed by atoms with Crippen molar-refractivity contribution in [3.8, 4) is 0 Å². The van der Waals surface area contributed by atoms with E-state index in [1.54, 1.807) is 12.1 Å². The third-order valence-electron chi connectivity index (χ3n) is 4.27. The molecule has 1 unspecified atom stereocenters. The summed E-state index contributed by atoms with van der Waals surface area (Å²) >= 11 is 0. The molecule has 1 aliphatic carbocycles. The van der Waals surface area contributed by atoms with E-state index in [2.05, 4.69) is 23.9 Å². The quantitative estimate of drug-likeness (QED) is 0.814. The van der Waals surface area contributed by atoms with Crippen molar-refractivity contribution in [2.45, 2.75) is 62.9 Å². The second-order valence-electron chi connectivity index (χ2n) is 6.11. The Hall–Kier alpha value is -0.910. The zero-order valence-corrected chi connectivity index (χ0v) is 14.0. The maximum Gasteiger partial charge on any atom is 0.241 e. The first kappa shape index (κ1) is 16.5. The zero-order chi connectivity index (χ0) is 15.5. The molecule has 1 atom stereocenters. The van der Waals surface area contributed by atoms with Gasteiger partial charge in [0.2, 0.25) is 10.0 Å². The average molecular weight is 310 g/mol. The van der Waals surface area contributed by atoms with Gasteiger partial charge in [0.15, 0.2) is 0 Å². The number of hydrogen-bond donors (Lipinski definition) is 2. The van der Waals surface area contributed by atoms with E-state index in [1.165, 1.54) is 0 Å². The Bertz CT molecular complexity index is 580. The molecule has 1 saturated carbocycles. The largest absolute Gasteiger partial charge is 0.310 e. The van der Waals surface area contributed by atoms with Gasteiger partial charge in [-0.05, 0) is 56.8 Å². The van der Waals surface area contributed by atoms with Crippen LogP contribution < -0.4 is 10.0 Å². The molecule has 2 N–H and O–H groups in total. The number of benzene rings is 1. The molecule has 5 heteroatoms. The molecule has 0 heterocycles. The van der Waals surface area contributed by atoms with Crippen LogP contribution in [0.5, 0.6) is 0 Å². The molecule has 0 saturated heterocycles. The summed E-state index contributed by atoms with van der Waals surface area (Å²) in [4.78, 5) is 0.365. The summed E-state index contributed by atoms with van der Waals surface area (Å²) in [5.74, 6) is 0. The summed E-state index contributed by atoms with van der Waals surface area (Å²) in [6.07, 6.45) is 3.86. The summed E-state index contributed by atoms with van der Waals surface area (Å²) in [7, 11) is -3.44. The lowest BCUT2D eigenvalue weighted by Crippen LogP contribution is -2.50. The summed E-state index contributed by atoms with van der Waals surface area (Å²) in [5, 5.41) is 3.38. The molecule has 0 spiro atoms. The third-order valence-corrected chi connectivity index (χ3v) is 5.90. The van der Waals surface area contributed by atoms with Gasteiger partial charge >= 0.3 is 0 Å². The van der Waals surface area contributed by atoms with E-state index in [4.69, 9.17) is 0 Å². The highest BCUT2D eigenvalue weighted by atomic mass is 32.2. The summed E-state index contributed by atoms with van der Waals surface area (Å²) < 4.78 is 27.9. The molecular weight excluding hydrogens is 284 g/mol. The second kappa shape index (κ2) is 6.46. The molecule has 0 aromatic heterocycles.